The smallest absolute Gasteiger partial charge is 0.241 e. The van der Waals surface area contributed by atoms with Crippen LogP contribution >= 0.6 is 0 Å². The fourth-order valence-corrected chi connectivity index (χ4v) is 5.37. The number of quaternary nitrogens is 1. The van der Waals surface area contributed by atoms with E-state index >= 15 is 0 Å². The summed E-state index contributed by atoms with van der Waals surface area (Å²) in [4.78, 5) is 4.35. The lowest BCUT2D eigenvalue weighted by Crippen LogP contribution is -2.59. The Hall–Kier alpha value is -3.33. The fourth-order valence-electron chi connectivity index (χ4n) is 4.11. The maximum Gasteiger partial charge on any atom is 0.241 e. The van der Waals surface area contributed by atoms with Gasteiger partial charge < -0.3 is 20.3 Å². The van der Waals surface area contributed by atoms with E-state index in [2.05, 4.69) is 15.4 Å². The number of hydrogen-bond donors (Lipinski definition) is 2. The summed E-state index contributed by atoms with van der Waals surface area (Å²) < 4.78 is 35.3. The van der Waals surface area contributed by atoms with Gasteiger partial charge in [-0.25, -0.2) is 8.42 Å². The minimum atomic E-state index is -3.79. The predicted molar refractivity (Wildman–Crippen MR) is 141 cm³/mol. The van der Waals surface area contributed by atoms with E-state index in [4.69, 9.17) is 4.74 Å². The van der Waals surface area contributed by atoms with Gasteiger partial charge in [-0.15, -0.1) is 0 Å². The molecular formula is C28H34N4O3S+. The van der Waals surface area contributed by atoms with Gasteiger partial charge in [0.2, 0.25) is 10.0 Å². The maximum atomic E-state index is 13.3. The summed E-state index contributed by atoms with van der Waals surface area (Å²) in [6.45, 7) is 3.56. The molecule has 0 unspecified atom stereocenters. The molecule has 2 atom stereocenters. The first-order valence-electron chi connectivity index (χ1n) is 12.1. The summed E-state index contributed by atoms with van der Waals surface area (Å²) in [6.07, 6.45) is 5.97. The highest BCUT2D eigenvalue weighted by Gasteiger charge is 2.30. The Morgan fingerprint density at radius 2 is 1.50 bits per heavy atom. The van der Waals surface area contributed by atoms with Crippen LogP contribution in [0.2, 0.25) is 0 Å². The van der Waals surface area contributed by atoms with Crippen molar-refractivity contribution < 1.29 is 18.9 Å². The lowest BCUT2D eigenvalue weighted by Gasteiger charge is -2.23. The number of hydrogen-bond acceptors (Lipinski definition) is 5. The Morgan fingerprint density at radius 1 is 0.861 bits per heavy atom. The highest BCUT2D eigenvalue weighted by Crippen LogP contribution is 2.28. The highest BCUT2D eigenvalue weighted by atomic mass is 32.2. The molecule has 8 heteroatoms. The van der Waals surface area contributed by atoms with Crippen LogP contribution in [-0.4, -0.2) is 38.4 Å². The molecule has 0 aliphatic carbocycles. The molecule has 0 saturated heterocycles. The second-order valence-electron chi connectivity index (χ2n) is 8.87. The molecule has 0 fully saturated rings. The van der Waals surface area contributed by atoms with Crippen molar-refractivity contribution in [2.24, 2.45) is 0 Å². The Balaban J connectivity index is 1.36. The van der Waals surface area contributed by atoms with Gasteiger partial charge in [-0.3, -0.25) is 0 Å². The zero-order chi connectivity index (χ0) is 25.4. The fraction of sp³-hybridized carbons (Fsp3) is 0.250. The van der Waals surface area contributed by atoms with Crippen molar-refractivity contribution in [2.75, 3.05) is 20.2 Å². The average Bonchev–Trinajstić information content (AvgIpc) is 3.33. The van der Waals surface area contributed by atoms with Crippen LogP contribution in [0.25, 0.3) is 0 Å². The van der Waals surface area contributed by atoms with E-state index in [0.29, 0.717) is 12.4 Å². The molecule has 0 aromatic heterocycles. The van der Waals surface area contributed by atoms with Crippen LogP contribution in [0.3, 0.4) is 0 Å². The SMILES string of the molecule is CN1[CH]N(CCCCOc2ccc(S(=O)(=O)N[C@@H](c3ccccc3)[C@@H]([NH3+])c3ccccc3)cc2)C=C1. The van der Waals surface area contributed by atoms with Crippen molar-refractivity contribution in [3.8, 4) is 5.75 Å². The molecule has 1 heterocycles. The summed E-state index contributed by atoms with van der Waals surface area (Å²) in [5.41, 5.74) is 6.12. The van der Waals surface area contributed by atoms with Gasteiger partial charge in [-0.2, -0.15) is 4.72 Å². The van der Waals surface area contributed by atoms with Crippen molar-refractivity contribution >= 4 is 10.0 Å². The first kappa shape index (κ1) is 25.8. The molecule has 0 saturated carbocycles. The van der Waals surface area contributed by atoms with E-state index in [-0.39, 0.29) is 10.9 Å². The van der Waals surface area contributed by atoms with Crippen LogP contribution in [-0.2, 0) is 10.0 Å². The topological polar surface area (TPSA) is 89.5 Å². The Labute approximate surface area is 214 Å². The van der Waals surface area contributed by atoms with Gasteiger partial charge in [0.05, 0.1) is 11.5 Å². The van der Waals surface area contributed by atoms with Gasteiger partial charge in [-0.1, -0.05) is 60.7 Å². The number of unbranched alkanes of at least 4 members (excludes halogenated alkanes) is 1. The van der Waals surface area contributed by atoms with E-state index in [1.54, 1.807) is 24.3 Å². The summed E-state index contributed by atoms with van der Waals surface area (Å²) in [5.74, 6) is 0.653. The molecule has 3 aromatic carbocycles. The number of nitrogens with zero attached hydrogens (tertiary/aromatic N) is 2. The largest absolute Gasteiger partial charge is 0.494 e. The zero-order valence-corrected chi connectivity index (χ0v) is 21.3. The molecule has 0 bridgehead atoms. The van der Waals surface area contributed by atoms with Crippen LogP contribution in [0.4, 0.5) is 0 Å². The number of benzene rings is 3. The Bertz CT molecular complexity index is 1220. The summed E-state index contributed by atoms with van der Waals surface area (Å²) >= 11 is 0. The van der Waals surface area contributed by atoms with Crippen molar-refractivity contribution in [2.45, 2.75) is 29.8 Å². The van der Waals surface area contributed by atoms with Gasteiger partial charge in [0.25, 0.3) is 0 Å². The molecule has 4 rings (SSSR count). The lowest BCUT2D eigenvalue weighted by atomic mass is 9.95. The molecule has 7 nitrogen and oxygen atoms in total. The van der Waals surface area contributed by atoms with Crippen LogP contribution < -0.4 is 15.2 Å². The van der Waals surface area contributed by atoms with E-state index in [1.807, 2.05) is 91.7 Å². The molecule has 1 aliphatic heterocycles. The molecule has 189 valence electrons. The molecular weight excluding hydrogens is 472 g/mol. The van der Waals surface area contributed by atoms with Crippen LogP contribution in [0.15, 0.2) is 102 Å². The number of nitrogens with one attached hydrogen (secondary N) is 1. The standard InChI is InChI=1S/C28H33N4O3S/c1-31-19-20-32(22-31)18-8-9-21-35-25-14-16-26(17-15-25)36(33,34)30-28(24-12-6-3-7-13-24)27(29)23-10-4-2-5-11-23/h2-7,10-17,19-20,22,27-28,30H,8-9,18,21,29H2,1H3/p+1/t27-,28-/m0/s1. The van der Waals surface area contributed by atoms with E-state index < -0.39 is 16.1 Å². The number of ether oxygens (including phenoxy) is 1. The molecule has 36 heavy (non-hydrogen) atoms. The molecule has 4 N–H and O–H groups in total. The second-order valence-corrected chi connectivity index (χ2v) is 10.6. The molecule has 0 spiro atoms. The summed E-state index contributed by atoms with van der Waals surface area (Å²) in [7, 11) is -1.78. The molecule has 3 aromatic rings. The molecule has 0 amide bonds. The van der Waals surface area contributed by atoms with Crippen molar-refractivity contribution in [3.63, 3.8) is 0 Å². The Kier molecular flexibility index (Phi) is 8.64. The number of rotatable bonds is 12. The first-order chi connectivity index (χ1) is 17.4. The highest BCUT2D eigenvalue weighted by molar-refractivity contribution is 7.89. The predicted octanol–water partition coefficient (Wildman–Crippen LogP) is 3.69. The minimum absolute atomic E-state index is 0.191. The van der Waals surface area contributed by atoms with Gasteiger partial charge in [0.1, 0.15) is 24.5 Å². The average molecular weight is 507 g/mol. The minimum Gasteiger partial charge on any atom is -0.494 e. The van der Waals surface area contributed by atoms with Crippen LogP contribution in [0.5, 0.6) is 5.75 Å². The van der Waals surface area contributed by atoms with E-state index in [1.165, 1.54) is 0 Å². The van der Waals surface area contributed by atoms with Gasteiger partial charge in [0, 0.05) is 31.6 Å². The van der Waals surface area contributed by atoms with Crippen molar-refractivity contribution in [3.05, 3.63) is 115 Å². The first-order valence-corrected chi connectivity index (χ1v) is 13.6. The van der Waals surface area contributed by atoms with Gasteiger partial charge >= 0.3 is 0 Å². The second kappa shape index (κ2) is 12.1. The number of sulfonamides is 1. The summed E-state index contributed by atoms with van der Waals surface area (Å²) in [6, 6.07) is 25.0. The van der Waals surface area contributed by atoms with Gasteiger partial charge in [0.15, 0.2) is 0 Å². The normalized spacial score (nSPS) is 15.2. The Morgan fingerprint density at radius 3 is 2.11 bits per heavy atom. The molecule has 1 aliphatic rings. The maximum absolute atomic E-state index is 13.3. The van der Waals surface area contributed by atoms with E-state index in [9.17, 15) is 8.42 Å². The van der Waals surface area contributed by atoms with Crippen LogP contribution in [0.1, 0.15) is 36.1 Å². The van der Waals surface area contributed by atoms with Crippen LogP contribution in [0, 0.1) is 6.67 Å². The quantitative estimate of drug-likeness (QED) is 0.366. The molecule has 1 radical (unpaired) electrons. The summed E-state index contributed by atoms with van der Waals surface area (Å²) in [5, 5.41) is 0. The van der Waals surface area contributed by atoms with Crippen molar-refractivity contribution in [1.29, 1.82) is 0 Å². The zero-order valence-electron chi connectivity index (χ0n) is 20.5. The lowest BCUT2D eigenvalue weighted by molar-refractivity contribution is -0.433. The van der Waals surface area contributed by atoms with E-state index in [0.717, 1.165) is 30.5 Å². The third-order valence-corrected chi connectivity index (χ3v) is 7.57. The van der Waals surface area contributed by atoms with Gasteiger partial charge in [-0.05, 0) is 42.7 Å². The third kappa shape index (κ3) is 6.87. The third-order valence-electron chi connectivity index (χ3n) is 6.11. The monoisotopic (exact) mass is 506 g/mol. The van der Waals surface area contributed by atoms with Crippen molar-refractivity contribution in [1.82, 2.24) is 14.5 Å².